The minimum atomic E-state index is -0.386. The Kier molecular flexibility index (Phi) is 6.81. The van der Waals surface area contributed by atoms with E-state index >= 15 is 0 Å². The van der Waals surface area contributed by atoms with Gasteiger partial charge in [0, 0.05) is 29.3 Å². The molecular formula is C24H23N5O2S. The van der Waals surface area contributed by atoms with Crippen LogP contribution in [0.15, 0.2) is 84.3 Å². The van der Waals surface area contributed by atoms with Crippen LogP contribution < -0.4 is 10.1 Å². The molecule has 0 aliphatic heterocycles. The van der Waals surface area contributed by atoms with Crippen LogP contribution in [0.3, 0.4) is 0 Å². The Bertz CT molecular complexity index is 1160. The summed E-state index contributed by atoms with van der Waals surface area (Å²) in [6.45, 7) is 4.40. The molecule has 0 radical (unpaired) electrons. The molecule has 1 amide bonds. The van der Waals surface area contributed by atoms with Crippen LogP contribution >= 0.6 is 11.8 Å². The van der Waals surface area contributed by atoms with E-state index in [9.17, 15) is 4.79 Å². The van der Waals surface area contributed by atoms with Crippen LogP contribution in [0.4, 0.5) is 5.69 Å². The maximum absolute atomic E-state index is 12.7. The van der Waals surface area contributed by atoms with Crippen molar-refractivity contribution in [1.82, 2.24) is 19.7 Å². The summed E-state index contributed by atoms with van der Waals surface area (Å²) in [4.78, 5) is 16.9. The highest BCUT2D eigenvalue weighted by atomic mass is 32.2. The minimum absolute atomic E-state index is 0.106. The number of para-hydroxylation sites is 1. The zero-order valence-corrected chi connectivity index (χ0v) is 18.6. The van der Waals surface area contributed by atoms with E-state index in [2.05, 4.69) is 20.5 Å². The molecule has 0 bridgehead atoms. The second kappa shape index (κ2) is 10.1. The molecule has 0 aliphatic carbocycles. The maximum Gasteiger partial charge on any atom is 0.237 e. The third-order valence-electron chi connectivity index (χ3n) is 4.65. The number of carbonyl (C=O) groups excluding carboxylic acids is 1. The highest BCUT2D eigenvalue weighted by molar-refractivity contribution is 8.00. The Labute approximate surface area is 190 Å². The lowest BCUT2D eigenvalue weighted by molar-refractivity contribution is -0.115. The third kappa shape index (κ3) is 4.97. The number of carbonyl (C=O) groups is 1. The highest BCUT2D eigenvalue weighted by Crippen LogP contribution is 2.31. The fraction of sp³-hybridized carbons (Fsp3) is 0.167. The van der Waals surface area contributed by atoms with Gasteiger partial charge in [-0.05, 0) is 62.4 Å². The summed E-state index contributed by atoms with van der Waals surface area (Å²) in [5.41, 5.74) is 2.46. The molecule has 0 fully saturated rings. The molecule has 0 spiro atoms. The Balaban J connectivity index is 1.64. The average molecular weight is 446 g/mol. The van der Waals surface area contributed by atoms with Crippen LogP contribution in [0.5, 0.6) is 5.75 Å². The van der Waals surface area contributed by atoms with Crippen LogP contribution in [0.1, 0.15) is 13.8 Å². The van der Waals surface area contributed by atoms with Crippen molar-refractivity contribution in [1.29, 1.82) is 0 Å². The lowest BCUT2D eigenvalue weighted by atomic mass is 10.2. The van der Waals surface area contributed by atoms with Crippen molar-refractivity contribution in [2.45, 2.75) is 24.3 Å². The average Bonchev–Trinajstić information content (AvgIpc) is 3.24. The van der Waals surface area contributed by atoms with Gasteiger partial charge in [0.25, 0.3) is 0 Å². The molecule has 2 heterocycles. The summed E-state index contributed by atoms with van der Waals surface area (Å²) in [5, 5.41) is 12.0. The summed E-state index contributed by atoms with van der Waals surface area (Å²) in [7, 11) is 0. The van der Waals surface area contributed by atoms with Crippen molar-refractivity contribution in [3.8, 4) is 22.8 Å². The van der Waals surface area contributed by atoms with Crippen molar-refractivity contribution >= 4 is 23.4 Å². The van der Waals surface area contributed by atoms with Crippen LogP contribution in [-0.2, 0) is 4.79 Å². The lowest BCUT2D eigenvalue weighted by Gasteiger charge is -2.14. The Hall–Kier alpha value is -3.65. The molecule has 2 aromatic heterocycles. The van der Waals surface area contributed by atoms with Gasteiger partial charge in [0.2, 0.25) is 5.91 Å². The quantitative estimate of drug-likeness (QED) is 0.391. The third-order valence-corrected chi connectivity index (χ3v) is 5.69. The number of ether oxygens (including phenoxy) is 1. The monoisotopic (exact) mass is 445 g/mol. The fourth-order valence-electron chi connectivity index (χ4n) is 3.10. The minimum Gasteiger partial charge on any atom is -0.494 e. The number of pyridine rings is 1. The molecule has 7 nitrogen and oxygen atoms in total. The van der Waals surface area contributed by atoms with E-state index in [1.807, 2.05) is 85.1 Å². The van der Waals surface area contributed by atoms with Gasteiger partial charge in [-0.25, -0.2) is 0 Å². The van der Waals surface area contributed by atoms with E-state index in [1.165, 1.54) is 11.8 Å². The van der Waals surface area contributed by atoms with Gasteiger partial charge >= 0.3 is 0 Å². The van der Waals surface area contributed by atoms with Gasteiger partial charge in [-0.3, -0.25) is 14.3 Å². The van der Waals surface area contributed by atoms with E-state index in [1.54, 1.807) is 12.4 Å². The molecule has 1 atom stereocenters. The van der Waals surface area contributed by atoms with Gasteiger partial charge in [0.05, 0.1) is 11.9 Å². The zero-order valence-electron chi connectivity index (χ0n) is 17.8. The largest absolute Gasteiger partial charge is 0.494 e. The van der Waals surface area contributed by atoms with Crippen molar-refractivity contribution in [3.63, 3.8) is 0 Å². The number of nitrogens with zero attached hydrogens (tertiary/aromatic N) is 4. The van der Waals surface area contributed by atoms with E-state index in [0.29, 0.717) is 17.6 Å². The standard InChI is InChI=1S/C24H23N5O2S/c1-3-31-21-13-11-20(12-14-21)29-22(18-8-7-15-25-16-18)27-28-24(29)32-17(2)23(30)26-19-9-5-4-6-10-19/h4-17H,3H2,1-2H3,(H,26,30). The Morgan fingerprint density at radius 3 is 2.53 bits per heavy atom. The first-order valence-electron chi connectivity index (χ1n) is 10.3. The van der Waals surface area contributed by atoms with Crippen LogP contribution in [-0.4, -0.2) is 37.5 Å². The van der Waals surface area contributed by atoms with Crippen molar-refractivity contribution in [3.05, 3.63) is 79.1 Å². The SMILES string of the molecule is CCOc1ccc(-n2c(SC(C)C(=O)Nc3ccccc3)nnc2-c2cccnc2)cc1. The number of thioether (sulfide) groups is 1. The molecule has 0 saturated heterocycles. The normalized spacial score (nSPS) is 11.7. The smallest absolute Gasteiger partial charge is 0.237 e. The summed E-state index contributed by atoms with van der Waals surface area (Å²) in [6, 6.07) is 20.9. The number of amides is 1. The Morgan fingerprint density at radius 2 is 1.84 bits per heavy atom. The van der Waals surface area contributed by atoms with Gasteiger partial charge < -0.3 is 10.1 Å². The van der Waals surface area contributed by atoms with Crippen molar-refractivity contribution < 1.29 is 9.53 Å². The predicted octanol–water partition coefficient (Wildman–Crippen LogP) is 4.85. The summed E-state index contributed by atoms with van der Waals surface area (Å²) < 4.78 is 7.50. The summed E-state index contributed by atoms with van der Waals surface area (Å²) >= 11 is 1.35. The van der Waals surface area contributed by atoms with E-state index in [-0.39, 0.29) is 11.2 Å². The van der Waals surface area contributed by atoms with Crippen LogP contribution in [0, 0.1) is 0 Å². The fourth-order valence-corrected chi connectivity index (χ4v) is 3.96. The number of nitrogens with one attached hydrogen (secondary N) is 1. The molecule has 4 aromatic rings. The van der Waals surface area contributed by atoms with E-state index in [0.717, 1.165) is 22.7 Å². The molecule has 4 rings (SSSR count). The van der Waals surface area contributed by atoms with E-state index in [4.69, 9.17) is 4.74 Å². The molecule has 1 N–H and O–H groups in total. The Morgan fingerprint density at radius 1 is 1.06 bits per heavy atom. The number of rotatable bonds is 8. The number of hydrogen-bond acceptors (Lipinski definition) is 6. The number of aromatic nitrogens is 4. The molecular weight excluding hydrogens is 422 g/mol. The lowest BCUT2D eigenvalue weighted by Crippen LogP contribution is -2.22. The number of hydrogen-bond donors (Lipinski definition) is 1. The van der Waals surface area contributed by atoms with Crippen molar-refractivity contribution in [2.24, 2.45) is 0 Å². The van der Waals surface area contributed by atoms with Crippen LogP contribution in [0.25, 0.3) is 17.1 Å². The second-order valence-electron chi connectivity index (χ2n) is 6.93. The molecule has 32 heavy (non-hydrogen) atoms. The maximum atomic E-state index is 12.7. The summed E-state index contributed by atoms with van der Waals surface area (Å²) in [6.07, 6.45) is 3.46. The first-order valence-corrected chi connectivity index (χ1v) is 11.2. The topological polar surface area (TPSA) is 81.9 Å². The number of anilines is 1. The molecule has 0 saturated carbocycles. The van der Waals surface area contributed by atoms with Gasteiger partial charge in [-0.1, -0.05) is 30.0 Å². The summed E-state index contributed by atoms with van der Waals surface area (Å²) in [5.74, 6) is 1.34. The first kappa shape index (κ1) is 21.6. The number of benzene rings is 2. The van der Waals surface area contributed by atoms with Gasteiger partial charge in [-0.2, -0.15) is 0 Å². The van der Waals surface area contributed by atoms with E-state index < -0.39 is 0 Å². The second-order valence-corrected chi connectivity index (χ2v) is 8.23. The van der Waals surface area contributed by atoms with Crippen LogP contribution in [0.2, 0.25) is 0 Å². The van der Waals surface area contributed by atoms with Gasteiger partial charge in [0.15, 0.2) is 11.0 Å². The zero-order chi connectivity index (χ0) is 22.3. The van der Waals surface area contributed by atoms with Gasteiger partial charge in [-0.15, -0.1) is 10.2 Å². The molecule has 1 unspecified atom stereocenters. The predicted molar refractivity (Wildman–Crippen MR) is 126 cm³/mol. The first-order chi connectivity index (χ1) is 15.7. The highest BCUT2D eigenvalue weighted by Gasteiger charge is 2.22. The van der Waals surface area contributed by atoms with Crippen molar-refractivity contribution in [2.75, 3.05) is 11.9 Å². The molecule has 162 valence electrons. The molecule has 8 heteroatoms. The molecule has 2 aromatic carbocycles. The van der Waals surface area contributed by atoms with Gasteiger partial charge in [0.1, 0.15) is 5.75 Å². The molecule has 0 aliphatic rings.